The van der Waals surface area contributed by atoms with Gasteiger partial charge in [0.25, 0.3) is 0 Å². The Morgan fingerprint density at radius 3 is 2.81 bits per heavy atom. The van der Waals surface area contributed by atoms with Crippen LogP contribution in [0.2, 0.25) is 0 Å². The number of halogens is 3. The van der Waals surface area contributed by atoms with Gasteiger partial charge in [0, 0.05) is 25.3 Å². The average molecular weight is 303 g/mol. The molecule has 1 atom stereocenters. The fourth-order valence-electron chi connectivity index (χ4n) is 2.25. The van der Waals surface area contributed by atoms with Crippen molar-refractivity contribution >= 4 is 11.9 Å². The third-order valence-electron chi connectivity index (χ3n) is 3.30. The van der Waals surface area contributed by atoms with Crippen molar-refractivity contribution in [3.05, 3.63) is 23.9 Å². The lowest BCUT2D eigenvalue weighted by Crippen LogP contribution is -2.45. The molecule has 2 rings (SSSR count). The lowest BCUT2D eigenvalue weighted by Gasteiger charge is -2.32. The number of hydrogen-bond donors (Lipinski definition) is 1. The fraction of sp³-hybridized carbons (Fsp3) is 0.538. The molecule has 5 nitrogen and oxygen atoms in total. The Kier molecular flexibility index (Phi) is 4.54. The van der Waals surface area contributed by atoms with Gasteiger partial charge < -0.3 is 15.0 Å². The van der Waals surface area contributed by atoms with Crippen LogP contribution in [0.15, 0.2) is 18.3 Å². The van der Waals surface area contributed by atoms with Crippen molar-refractivity contribution in [2.75, 3.05) is 25.5 Å². The number of aromatic nitrogens is 1. The third kappa shape index (κ3) is 3.99. The molecule has 8 heteroatoms. The van der Waals surface area contributed by atoms with E-state index < -0.39 is 17.8 Å². The first-order valence-corrected chi connectivity index (χ1v) is 6.53. The fourth-order valence-corrected chi connectivity index (χ4v) is 2.25. The molecule has 0 saturated carbocycles. The van der Waals surface area contributed by atoms with Crippen molar-refractivity contribution in [1.29, 1.82) is 0 Å². The highest BCUT2D eigenvalue weighted by atomic mass is 19.4. The van der Waals surface area contributed by atoms with Gasteiger partial charge in [-0.05, 0) is 25.0 Å². The minimum atomic E-state index is -4.39. The van der Waals surface area contributed by atoms with Gasteiger partial charge in [0.2, 0.25) is 0 Å². The van der Waals surface area contributed by atoms with Crippen molar-refractivity contribution in [2.45, 2.75) is 25.1 Å². The van der Waals surface area contributed by atoms with Crippen LogP contribution in [0.25, 0.3) is 0 Å². The first-order chi connectivity index (χ1) is 9.90. The molecule has 0 aromatic carbocycles. The molecule has 1 aromatic heterocycles. The second kappa shape index (κ2) is 6.19. The first kappa shape index (κ1) is 15.4. The number of carbonyl (C=O) groups excluding carboxylic acids is 1. The number of alkyl halides is 3. The second-order valence-corrected chi connectivity index (χ2v) is 4.83. The molecule has 1 aliphatic rings. The molecule has 1 aromatic rings. The highest BCUT2D eigenvalue weighted by Crippen LogP contribution is 2.29. The molecule has 2 heterocycles. The zero-order valence-electron chi connectivity index (χ0n) is 11.5. The Labute approximate surface area is 120 Å². The molecule has 1 aliphatic heterocycles. The van der Waals surface area contributed by atoms with Crippen LogP contribution >= 0.6 is 0 Å². The van der Waals surface area contributed by atoms with Crippen molar-refractivity contribution in [3.8, 4) is 0 Å². The van der Waals surface area contributed by atoms with E-state index in [1.165, 1.54) is 13.2 Å². The number of likely N-dealkylation sites (tertiary alicyclic amines) is 1. The normalized spacial score (nSPS) is 19.2. The summed E-state index contributed by atoms with van der Waals surface area (Å²) in [7, 11) is 1.32. The SMILES string of the molecule is COC(=O)N1CCCC(Nc2ccc(C(F)(F)F)cn2)C1. The van der Waals surface area contributed by atoms with Gasteiger partial charge in [-0.1, -0.05) is 0 Å². The molecule has 116 valence electrons. The third-order valence-corrected chi connectivity index (χ3v) is 3.30. The van der Waals surface area contributed by atoms with Crippen LogP contribution in [0.4, 0.5) is 23.8 Å². The maximum absolute atomic E-state index is 12.4. The van der Waals surface area contributed by atoms with E-state index in [1.54, 1.807) is 4.90 Å². The Bertz CT molecular complexity index is 490. The molecule has 0 aliphatic carbocycles. The smallest absolute Gasteiger partial charge is 0.417 e. The summed E-state index contributed by atoms with van der Waals surface area (Å²) in [6, 6.07) is 2.22. The standard InChI is InChI=1S/C13H16F3N3O2/c1-21-12(20)19-6-2-3-10(8-19)18-11-5-4-9(7-17-11)13(14,15)16/h4-5,7,10H,2-3,6,8H2,1H3,(H,17,18). The lowest BCUT2D eigenvalue weighted by molar-refractivity contribution is -0.137. The van der Waals surface area contributed by atoms with Crippen molar-refractivity contribution < 1.29 is 22.7 Å². The van der Waals surface area contributed by atoms with Gasteiger partial charge in [-0.15, -0.1) is 0 Å². The molecular weight excluding hydrogens is 287 g/mol. The molecule has 21 heavy (non-hydrogen) atoms. The van der Waals surface area contributed by atoms with E-state index in [2.05, 4.69) is 15.0 Å². The van der Waals surface area contributed by atoms with Crippen molar-refractivity contribution in [3.63, 3.8) is 0 Å². The van der Waals surface area contributed by atoms with E-state index in [4.69, 9.17) is 0 Å². The van der Waals surface area contributed by atoms with Crippen LogP contribution < -0.4 is 5.32 Å². The summed E-state index contributed by atoms with van der Waals surface area (Å²) in [5, 5.41) is 3.04. The number of ether oxygens (including phenoxy) is 1. The van der Waals surface area contributed by atoms with E-state index in [0.29, 0.717) is 18.9 Å². The molecule has 1 N–H and O–H groups in total. The number of pyridine rings is 1. The first-order valence-electron chi connectivity index (χ1n) is 6.53. The predicted molar refractivity (Wildman–Crippen MR) is 69.9 cm³/mol. The largest absolute Gasteiger partial charge is 0.453 e. The van der Waals surface area contributed by atoms with Crippen molar-refractivity contribution in [2.24, 2.45) is 0 Å². The molecule has 1 fully saturated rings. The van der Waals surface area contributed by atoms with E-state index in [9.17, 15) is 18.0 Å². The number of amides is 1. The topological polar surface area (TPSA) is 54.5 Å². The van der Waals surface area contributed by atoms with Crippen LogP contribution in [-0.4, -0.2) is 42.2 Å². The molecular formula is C13H16F3N3O2. The zero-order valence-corrected chi connectivity index (χ0v) is 11.5. The van der Waals surface area contributed by atoms with E-state index >= 15 is 0 Å². The summed E-state index contributed by atoms with van der Waals surface area (Å²) < 4.78 is 42.0. The van der Waals surface area contributed by atoms with E-state index in [1.807, 2.05) is 0 Å². The zero-order chi connectivity index (χ0) is 15.5. The minimum absolute atomic E-state index is 0.0536. The monoisotopic (exact) mass is 303 g/mol. The van der Waals surface area contributed by atoms with Gasteiger partial charge in [-0.3, -0.25) is 0 Å². The number of piperidine rings is 1. The van der Waals surface area contributed by atoms with Gasteiger partial charge >= 0.3 is 12.3 Å². The number of methoxy groups -OCH3 is 1. The number of rotatable bonds is 2. The molecule has 1 unspecified atom stereocenters. The van der Waals surface area contributed by atoms with Crippen molar-refractivity contribution in [1.82, 2.24) is 9.88 Å². The summed E-state index contributed by atoms with van der Waals surface area (Å²) >= 11 is 0. The van der Waals surface area contributed by atoms with Crippen LogP contribution in [0, 0.1) is 0 Å². The maximum Gasteiger partial charge on any atom is 0.417 e. The summed E-state index contributed by atoms with van der Waals surface area (Å²) in [5.74, 6) is 0.361. The van der Waals surface area contributed by atoms with E-state index in [-0.39, 0.29) is 6.04 Å². The van der Waals surface area contributed by atoms with Crippen LogP contribution in [0.1, 0.15) is 18.4 Å². The number of hydrogen-bond acceptors (Lipinski definition) is 4. The predicted octanol–water partition coefficient (Wildman–Crippen LogP) is 2.74. The van der Waals surface area contributed by atoms with E-state index in [0.717, 1.165) is 25.1 Å². The van der Waals surface area contributed by atoms with Gasteiger partial charge in [-0.2, -0.15) is 13.2 Å². The molecule has 0 bridgehead atoms. The van der Waals surface area contributed by atoms with Gasteiger partial charge in [-0.25, -0.2) is 9.78 Å². The highest BCUT2D eigenvalue weighted by Gasteiger charge is 2.31. The van der Waals surface area contributed by atoms with Crippen LogP contribution in [0.3, 0.4) is 0 Å². The summed E-state index contributed by atoms with van der Waals surface area (Å²) in [6.45, 7) is 1.06. The highest BCUT2D eigenvalue weighted by molar-refractivity contribution is 5.67. The number of carbonyl (C=O) groups is 1. The molecule has 1 saturated heterocycles. The minimum Gasteiger partial charge on any atom is -0.453 e. The molecule has 0 spiro atoms. The number of nitrogens with zero attached hydrogens (tertiary/aromatic N) is 2. The summed E-state index contributed by atoms with van der Waals surface area (Å²) in [6.07, 6.45) is -2.38. The summed E-state index contributed by atoms with van der Waals surface area (Å²) in [4.78, 5) is 16.8. The summed E-state index contributed by atoms with van der Waals surface area (Å²) in [5.41, 5.74) is -0.784. The molecule has 0 radical (unpaired) electrons. The van der Waals surface area contributed by atoms with Gasteiger partial charge in [0.05, 0.1) is 12.7 Å². The van der Waals surface area contributed by atoms with Crippen LogP contribution in [-0.2, 0) is 10.9 Å². The Balaban J connectivity index is 1.96. The van der Waals surface area contributed by atoms with Gasteiger partial charge in [0.15, 0.2) is 0 Å². The maximum atomic E-state index is 12.4. The quantitative estimate of drug-likeness (QED) is 0.913. The average Bonchev–Trinajstić information content (AvgIpc) is 2.46. The molecule has 1 amide bonds. The Morgan fingerprint density at radius 2 is 2.24 bits per heavy atom. The lowest BCUT2D eigenvalue weighted by atomic mass is 10.1. The second-order valence-electron chi connectivity index (χ2n) is 4.83. The Morgan fingerprint density at radius 1 is 1.48 bits per heavy atom. The number of anilines is 1. The number of nitrogens with one attached hydrogen (secondary N) is 1. The van der Waals surface area contributed by atoms with Crippen LogP contribution in [0.5, 0.6) is 0 Å². The Hall–Kier alpha value is -1.99. The van der Waals surface area contributed by atoms with Gasteiger partial charge in [0.1, 0.15) is 5.82 Å².